The first-order chi connectivity index (χ1) is 8.45. The summed E-state index contributed by atoms with van der Waals surface area (Å²) in [7, 11) is -1.16. The molecule has 3 unspecified atom stereocenters. The Labute approximate surface area is 110 Å². The van der Waals surface area contributed by atoms with Crippen molar-refractivity contribution in [3.05, 3.63) is 24.3 Å². The van der Waals surface area contributed by atoms with Crippen molar-refractivity contribution in [3.8, 4) is 0 Å². The molecule has 3 atom stereocenters. The predicted molar refractivity (Wildman–Crippen MR) is 76.8 cm³/mol. The second-order valence-corrected chi connectivity index (χ2v) is 6.47. The third kappa shape index (κ3) is 3.84. The maximum absolute atomic E-state index is 12.0. The van der Waals surface area contributed by atoms with Gasteiger partial charge in [0.15, 0.2) is 0 Å². The van der Waals surface area contributed by atoms with Gasteiger partial charge in [-0.15, -0.1) is 0 Å². The minimum absolute atomic E-state index is 0.0200. The summed E-state index contributed by atoms with van der Waals surface area (Å²) in [6.07, 6.45) is 0.794. The average molecular weight is 268 g/mol. The van der Waals surface area contributed by atoms with Gasteiger partial charge in [-0.1, -0.05) is 19.9 Å². The van der Waals surface area contributed by atoms with Gasteiger partial charge in [-0.3, -0.25) is 9.00 Å². The number of nitrogen functional groups attached to an aromatic ring is 1. The van der Waals surface area contributed by atoms with Crippen molar-refractivity contribution in [2.24, 2.45) is 0 Å². The molecule has 4 nitrogen and oxygen atoms in total. The van der Waals surface area contributed by atoms with E-state index in [9.17, 15) is 9.00 Å². The van der Waals surface area contributed by atoms with E-state index in [1.807, 2.05) is 13.8 Å². The van der Waals surface area contributed by atoms with Crippen LogP contribution in [-0.4, -0.2) is 20.6 Å². The molecule has 18 heavy (non-hydrogen) atoms. The number of nitrogens with two attached hydrogens (primary N) is 1. The Balaban J connectivity index is 2.68. The van der Waals surface area contributed by atoms with Crippen LogP contribution in [0.15, 0.2) is 24.3 Å². The van der Waals surface area contributed by atoms with E-state index in [-0.39, 0.29) is 11.2 Å². The molecule has 0 aliphatic heterocycles. The lowest BCUT2D eigenvalue weighted by Crippen LogP contribution is -2.33. The topological polar surface area (TPSA) is 72.2 Å². The molecule has 5 heteroatoms. The van der Waals surface area contributed by atoms with Crippen LogP contribution in [-0.2, 0) is 15.6 Å². The molecule has 0 aliphatic carbocycles. The van der Waals surface area contributed by atoms with Crippen LogP contribution < -0.4 is 11.1 Å². The van der Waals surface area contributed by atoms with E-state index < -0.39 is 16.0 Å². The number of hydrogen-bond acceptors (Lipinski definition) is 3. The molecule has 0 saturated heterocycles. The van der Waals surface area contributed by atoms with Crippen LogP contribution in [0.4, 0.5) is 11.4 Å². The Morgan fingerprint density at radius 1 is 1.44 bits per heavy atom. The van der Waals surface area contributed by atoms with E-state index in [1.54, 1.807) is 31.2 Å². The molecular weight excluding hydrogens is 248 g/mol. The number of nitrogens with one attached hydrogen (secondary N) is 1. The lowest BCUT2D eigenvalue weighted by molar-refractivity contribution is -0.115. The van der Waals surface area contributed by atoms with Gasteiger partial charge < -0.3 is 11.1 Å². The minimum Gasteiger partial charge on any atom is -0.399 e. The molecule has 1 aromatic carbocycles. The summed E-state index contributed by atoms with van der Waals surface area (Å²) in [4.78, 5) is 11.9. The third-order valence-electron chi connectivity index (χ3n) is 2.84. The Morgan fingerprint density at radius 2 is 2.11 bits per heavy atom. The number of benzene rings is 1. The van der Waals surface area contributed by atoms with Crippen LogP contribution >= 0.6 is 0 Å². The Bertz CT molecular complexity index is 448. The zero-order valence-electron chi connectivity index (χ0n) is 11.0. The van der Waals surface area contributed by atoms with Gasteiger partial charge in [0.1, 0.15) is 5.25 Å². The first-order valence-electron chi connectivity index (χ1n) is 6.01. The average Bonchev–Trinajstić information content (AvgIpc) is 2.36. The minimum atomic E-state index is -1.16. The second kappa shape index (κ2) is 6.54. The number of anilines is 2. The highest BCUT2D eigenvalue weighted by Crippen LogP contribution is 2.14. The number of amides is 1. The smallest absolute Gasteiger partial charge is 0.239 e. The molecule has 0 saturated carbocycles. The summed E-state index contributed by atoms with van der Waals surface area (Å²) >= 11 is 0. The molecule has 0 bridgehead atoms. The molecule has 0 aliphatic rings. The first-order valence-corrected chi connectivity index (χ1v) is 7.29. The summed E-state index contributed by atoms with van der Waals surface area (Å²) in [6, 6.07) is 6.95. The monoisotopic (exact) mass is 268 g/mol. The number of carbonyl (C=O) groups is 1. The summed E-state index contributed by atoms with van der Waals surface area (Å²) in [5, 5.41) is 2.22. The van der Waals surface area contributed by atoms with Gasteiger partial charge in [0.2, 0.25) is 5.91 Å². The van der Waals surface area contributed by atoms with E-state index >= 15 is 0 Å². The lowest BCUT2D eigenvalue weighted by atomic mass is 10.3. The van der Waals surface area contributed by atoms with Gasteiger partial charge in [0.05, 0.1) is 0 Å². The normalized spacial score (nSPS) is 15.7. The van der Waals surface area contributed by atoms with Crippen LogP contribution in [0, 0.1) is 0 Å². The highest BCUT2D eigenvalue weighted by atomic mass is 32.2. The zero-order chi connectivity index (χ0) is 13.7. The van der Waals surface area contributed by atoms with Crippen molar-refractivity contribution in [1.82, 2.24) is 0 Å². The molecular formula is C13H20N2O2S. The van der Waals surface area contributed by atoms with Crippen LogP contribution in [0.1, 0.15) is 27.2 Å². The number of hydrogen-bond donors (Lipinski definition) is 2. The molecule has 0 aromatic heterocycles. The van der Waals surface area contributed by atoms with Gasteiger partial charge in [-0.05, 0) is 31.5 Å². The molecule has 1 rings (SSSR count). The van der Waals surface area contributed by atoms with Crippen LogP contribution in [0.25, 0.3) is 0 Å². The summed E-state index contributed by atoms with van der Waals surface area (Å²) < 4.78 is 12.0. The highest BCUT2D eigenvalue weighted by molar-refractivity contribution is 7.87. The zero-order valence-corrected chi connectivity index (χ0v) is 11.8. The summed E-state index contributed by atoms with van der Waals surface area (Å²) in [6.45, 7) is 5.54. The van der Waals surface area contributed by atoms with Crippen molar-refractivity contribution >= 4 is 28.1 Å². The fourth-order valence-electron chi connectivity index (χ4n) is 1.48. The maximum atomic E-state index is 12.0. The lowest BCUT2D eigenvalue weighted by Gasteiger charge is -2.16. The van der Waals surface area contributed by atoms with Crippen LogP contribution in [0.5, 0.6) is 0 Å². The van der Waals surface area contributed by atoms with E-state index in [0.29, 0.717) is 11.4 Å². The van der Waals surface area contributed by atoms with Gasteiger partial charge in [0.25, 0.3) is 0 Å². The van der Waals surface area contributed by atoms with Crippen LogP contribution in [0.2, 0.25) is 0 Å². The van der Waals surface area contributed by atoms with Gasteiger partial charge in [0, 0.05) is 27.4 Å². The number of carbonyl (C=O) groups excluding carboxylic acids is 1. The summed E-state index contributed by atoms with van der Waals surface area (Å²) in [5.41, 5.74) is 6.85. The molecule has 0 radical (unpaired) electrons. The van der Waals surface area contributed by atoms with Gasteiger partial charge >= 0.3 is 0 Å². The van der Waals surface area contributed by atoms with Gasteiger partial charge in [-0.2, -0.15) is 0 Å². The van der Waals surface area contributed by atoms with Crippen molar-refractivity contribution < 1.29 is 9.00 Å². The molecule has 1 amide bonds. The van der Waals surface area contributed by atoms with Crippen molar-refractivity contribution in [1.29, 1.82) is 0 Å². The molecule has 0 fully saturated rings. The SMILES string of the molecule is CCC(C)S(=O)C(C)C(=O)Nc1cccc(N)c1. The molecule has 0 heterocycles. The van der Waals surface area contributed by atoms with Crippen LogP contribution in [0.3, 0.4) is 0 Å². The second-order valence-electron chi connectivity index (χ2n) is 4.30. The van der Waals surface area contributed by atoms with E-state index in [4.69, 9.17) is 5.73 Å². The van der Waals surface area contributed by atoms with Crippen molar-refractivity contribution in [2.75, 3.05) is 11.1 Å². The highest BCUT2D eigenvalue weighted by Gasteiger charge is 2.23. The summed E-state index contributed by atoms with van der Waals surface area (Å²) in [5.74, 6) is -0.237. The fourth-order valence-corrected chi connectivity index (χ4v) is 2.77. The fraction of sp³-hybridized carbons (Fsp3) is 0.462. The van der Waals surface area contributed by atoms with E-state index in [1.165, 1.54) is 0 Å². The van der Waals surface area contributed by atoms with E-state index in [0.717, 1.165) is 6.42 Å². The third-order valence-corrected chi connectivity index (χ3v) is 4.88. The molecule has 1 aromatic rings. The number of rotatable bonds is 5. The van der Waals surface area contributed by atoms with Crippen molar-refractivity contribution in [2.45, 2.75) is 37.7 Å². The first kappa shape index (κ1) is 14.7. The molecule has 3 N–H and O–H groups in total. The maximum Gasteiger partial charge on any atom is 0.239 e. The standard InChI is InChI=1S/C13H20N2O2S/c1-4-9(2)18(17)10(3)13(16)15-12-7-5-6-11(14)8-12/h5-10H,4,14H2,1-3H3,(H,15,16). The van der Waals surface area contributed by atoms with E-state index in [2.05, 4.69) is 5.32 Å². The Morgan fingerprint density at radius 3 is 2.67 bits per heavy atom. The Hall–Kier alpha value is -1.36. The van der Waals surface area contributed by atoms with Gasteiger partial charge in [-0.25, -0.2) is 0 Å². The Kier molecular flexibility index (Phi) is 5.34. The quantitative estimate of drug-likeness (QED) is 0.804. The molecule has 0 spiro atoms. The predicted octanol–water partition coefficient (Wildman–Crippen LogP) is 2.14. The van der Waals surface area contributed by atoms with Crippen molar-refractivity contribution in [3.63, 3.8) is 0 Å². The largest absolute Gasteiger partial charge is 0.399 e. The molecule has 100 valence electrons.